The monoisotopic (exact) mass is 412 g/mol. The van der Waals surface area contributed by atoms with E-state index in [1.807, 2.05) is 0 Å². The van der Waals surface area contributed by atoms with Gasteiger partial charge in [-0.05, 0) is 37.1 Å². The molecule has 4 rings (SSSR count). The molecule has 0 N–H and O–H groups in total. The number of amides is 1. The van der Waals surface area contributed by atoms with Gasteiger partial charge in [-0.1, -0.05) is 12.1 Å². The van der Waals surface area contributed by atoms with Crippen molar-refractivity contribution in [2.75, 3.05) is 13.1 Å². The Morgan fingerprint density at radius 1 is 1.00 bits per heavy atom. The highest BCUT2D eigenvalue weighted by Gasteiger charge is 2.31. The molecular weight excluding hydrogens is 393 g/mol. The van der Waals surface area contributed by atoms with Crippen LogP contribution in [0.25, 0.3) is 11.3 Å². The summed E-state index contributed by atoms with van der Waals surface area (Å²) in [6, 6.07) is 8.48. The van der Waals surface area contributed by atoms with E-state index in [0.29, 0.717) is 29.9 Å². The van der Waals surface area contributed by atoms with E-state index in [1.54, 1.807) is 41.7 Å². The summed E-state index contributed by atoms with van der Waals surface area (Å²) in [4.78, 5) is 27.1. The largest absolute Gasteiger partial charge is 0.416 e. The van der Waals surface area contributed by atoms with Gasteiger partial charge in [-0.25, -0.2) is 4.98 Å². The number of pyridine rings is 1. The van der Waals surface area contributed by atoms with Crippen LogP contribution in [0.4, 0.5) is 13.2 Å². The van der Waals surface area contributed by atoms with Crippen molar-refractivity contribution in [2.24, 2.45) is 0 Å². The van der Waals surface area contributed by atoms with E-state index in [-0.39, 0.29) is 11.8 Å². The maximum atomic E-state index is 13.0. The number of likely N-dealkylation sites (tertiary alicyclic amines) is 1. The second-order valence-corrected chi connectivity index (χ2v) is 7.21. The molecule has 0 bridgehead atoms. The molecule has 0 aliphatic carbocycles. The molecule has 5 nitrogen and oxygen atoms in total. The van der Waals surface area contributed by atoms with Crippen LogP contribution in [-0.2, 0) is 6.18 Å². The van der Waals surface area contributed by atoms with Crippen LogP contribution in [0.2, 0.25) is 0 Å². The molecule has 1 aromatic carbocycles. The zero-order valence-electron chi connectivity index (χ0n) is 16.0. The molecule has 1 amide bonds. The third-order valence-corrected chi connectivity index (χ3v) is 5.27. The average Bonchev–Trinajstić information content (AvgIpc) is 2.79. The molecule has 3 heterocycles. The molecular formula is C22H19F3N4O. The molecule has 3 aromatic rings. The van der Waals surface area contributed by atoms with Gasteiger partial charge in [-0.3, -0.25) is 14.8 Å². The number of halogens is 3. The van der Waals surface area contributed by atoms with E-state index in [4.69, 9.17) is 0 Å². The quantitative estimate of drug-likeness (QED) is 0.632. The summed E-state index contributed by atoms with van der Waals surface area (Å²) in [6.07, 6.45) is 3.34. The summed E-state index contributed by atoms with van der Waals surface area (Å²) < 4.78 is 39.0. The van der Waals surface area contributed by atoms with E-state index in [9.17, 15) is 18.0 Å². The summed E-state index contributed by atoms with van der Waals surface area (Å²) in [6.45, 7) is 1.17. The van der Waals surface area contributed by atoms with Crippen LogP contribution >= 0.6 is 0 Å². The van der Waals surface area contributed by atoms with Crippen molar-refractivity contribution >= 4 is 5.91 Å². The minimum Gasteiger partial charge on any atom is -0.339 e. The van der Waals surface area contributed by atoms with Crippen molar-refractivity contribution in [3.8, 4) is 11.3 Å². The van der Waals surface area contributed by atoms with Gasteiger partial charge in [0.25, 0.3) is 5.91 Å². The number of carbonyl (C=O) groups excluding carboxylic acids is 1. The lowest BCUT2D eigenvalue weighted by Crippen LogP contribution is -2.38. The van der Waals surface area contributed by atoms with Crippen molar-refractivity contribution in [3.05, 3.63) is 78.0 Å². The Balaban J connectivity index is 1.47. The van der Waals surface area contributed by atoms with E-state index >= 15 is 0 Å². The van der Waals surface area contributed by atoms with Crippen LogP contribution in [0, 0.1) is 0 Å². The first-order chi connectivity index (χ1) is 14.4. The predicted octanol–water partition coefficient (Wildman–Crippen LogP) is 4.58. The Hall–Kier alpha value is -3.29. The Morgan fingerprint density at radius 3 is 2.43 bits per heavy atom. The molecule has 1 fully saturated rings. The van der Waals surface area contributed by atoms with Crippen LogP contribution in [0.3, 0.4) is 0 Å². The Labute approximate surface area is 171 Å². The van der Waals surface area contributed by atoms with E-state index in [2.05, 4.69) is 15.0 Å². The molecule has 2 aromatic heterocycles. The third-order valence-electron chi connectivity index (χ3n) is 5.27. The summed E-state index contributed by atoms with van der Waals surface area (Å²) >= 11 is 0. The smallest absolute Gasteiger partial charge is 0.339 e. The minimum atomic E-state index is -4.41. The fourth-order valence-corrected chi connectivity index (χ4v) is 3.63. The number of hydrogen-bond acceptors (Lipinski definition) is 4. The number of nitrogens with zero attached hydrogens (tertiary/aromatic N) is 4. The molecule has 0 unspecified atom stereocenters. The minimum absolute atomic E-state index is 0.0281. The summed E-state index contributed by atoms with van der Waals surface area (Å²) in [5.41, 5.74) is 1.42. The van der Waals surface area contributed by atoms with Crippen LogP contribution in [0.15, 0.2) is 61.2 Å². The first-order valence-corrected chi connectivity index (χ1v) is 9.61. The number of carbonyl (C=O) groups is 1. The number of hydrogen-bond donors (Lipinski definition) is 0. The number of aromatic nitrogens is 3. The predicted molar refractivity (Wildman–Crippen MR) is 105 cm³/mol. The average molecular weight is 412 g/mol. The molecule has 1 aliphatic heterocycles. The van der Waals surface area contributed by atoms with Crippen molar-refractivity contribution in [1.29, 1.82) is 0 Å². The highest BCUT2D eigenvalue weighted by molar-refractivity contribution is 5.94. The van der Waals surface area contributed by atoms with Crippen molar-refractivity contribution in [2.45, 2.75) is 24.9 Å². The second-order valence-electron chi connectivity index (χ2n) is 7.21. The zero-order valence-corrected chi connectivity index (χ0v) is 16.0. The summed E-state index contributed by atoms with van der Waals surface area (Å²) in [5.74, 6) is 0.0735. The fourth-order valence-electron chi connectivity index (χ4n) is 3.63. The summed E-state index contributed by atoms with van der Waals surface area (Å²) in [5, 5.41) is 0. The molecule has 0 atom stereocenters. The molecule has 0 spiro atoms. The van der Waals surface area contributed by atoms with E-state index < -0.39 is 11.7 Å². The topological polar surface area (TPSA) is 59.0 Å². The van der Waals surface area contributed by atoms with E-state index in [1.165, 1.54) is 12.3 Å². The molecule has 0 saturated carbocycles. The van der Waals surface area contributed by atoms with Gasteiger partial charge in [0.2, 0.25) is 0 Å². The Kier molecular flexibility index (Phi) is 5.48. The lowest BCUT2D eigenvalue weighted by Gasteiger charge is -2.31. The van der Waals surface area contributed by atoms with Gasteiger partial charge in [0, 0.05) is 48.7 Å². The van der Waals surface area contributed by atoms with E-state index in [0.717, 1.165) is 30.7 Å². The highest BCUT2D eigenvalue weighted by Crippen LogP contribution is 2.33. The van der Waals surface area contributed by atoms with Crippen molar-refractivity contribution in [1.82, 2.24) is 19.9 Å². The van der Waals surface area contributed by atoms with Crippen LogP contribution in [0.5, 0.6) is 0 Å². The van der Waals surface area contributed by atoms with Gasteiger partial charge < -0.3 is 4.90 Å². The van der Waals surface area contributed by atoms with Crippen LogP contribution in [0.1, 0.15) is 40.4 Å². The molecule has 8 heteroatoms. The third kappa shape index (κ3) is 4.32. The molecule has 154 valence electrons. The fraction of sp³-hybridized carbons (Fsp3) is 0.273. The SMILES string of the molecule is O=C(c1ccncc1)N1CCC(c2cncc(-c3cccc(C(F)(F)F)c3)n2)CC1. The zero-order chi connectivity index (χ0) is 21.1. The summed E-state index contributed by atoms with van der Waals surface area (Å²) in [7, 11) is 0. The van der Waals surface area contributed by atoms with Crippen molar-refractivity contribution in [3.63, 3.8) is 0 Å². The number of alkyl halides is 3. The molecule has 30 heavy (non-hydrogen) atoms. The van der Waals surface area contributed by atoms with Gasteiger partial charge in [0.05, 0.1) is 23.1 Å². The lowest BCUT2D eigenvalue weighted by atomic mass is 9.93. The molecule has 0 radical (unpaired) electrons. The highest BCUT2D eigenvalue weighted by atomic mass is 19.4. The van der Waals surface area contributed by atoms with Crippen LogP contribution in [-0.4, -0.2) is 38.8 Å². The molecule has 1 saturated heterocycles. The molecule has 1 aliphatic rings. The number of rotatable bonds is 3. The lowest BCUT2D eigenvalue weighted by molar-refractivity contribution is -0.137. The van der Waals surface area contributed by atoms with Gasteiger partial charge in [0.1, 0.15) is 0 Å². The van der Waals surface area contributed by atoms with Crippen LogP contribution < -0.4 is 0 Å². The standard InChI is InChI=1S/C22H19F3N4O/c23-22(24,25)18-3-1-2-17(12-18)20-14-27-13-19(28-20)15-6-10-29(11-7-15)21(30)16-4-8-26-9-5-16/h1-5,8-9,12-15H,6-7,10-11H2. The Morgan fingerprint density at radius 2 is 1.73 bits per heavy atom. The maximum Gasteiger partial charge on any atom is 0.416 e. The first kappa shape index (κ1) is 20.0. The van der Waals surface area contributed by atoms with Gasteiger partial charge in [-0.15, -0.1) is 0 Å². The van der Waals surface area contributed by atoms with Crippen molar-refractivity contribution < 1.29 is 18.0 Å². The maximum absolute atomic E-state index is 13.0. The number of benzene rings is 1. The second kappa shape index (κ2) is 8.22. The number of piperidine rings is 1. The normalized spacial score (nSPS) is 15.2. The Bertz CT molecular complexity index is 1030. The first-order valence-electron chi connectivity index (χ1n) is 9.61. The van der Waals surface area contributed by atoms with Gasteiger partial charge >= 0.3 is 6.18 Å². The van der Waals surface area contributed by atoms with Gasteiger partial charge in [-0.2, -0.15) is 13.2 Å². The van der Waals surface area contributed by atoms with Gasteiger partial charge in [0.15, 0.2) is 0 Å².